The van der Waals surface area contributed by atoms with Crippen molar-refractivity contribution >= 4 is 11.6 Å². The number of hydrogen-bond acceptors (Lipinski definition) is 2. The first-order valence-corrected chi connectivity index (χ1v) is 5.83. The van der Waals surface area contributed by atoms with Gasteiger partial charge in [0, 0.05) is 11.1 Å². The summed E-state index contributed by atoms with van der Waals surface area (Å²) in [6.45, 7) is 3.54. The smallest absolute Gasteiger partial charge is 0.254 e. The second kappa shape index (κ2) is 4.72. The Morgan fingerprint density at radius 3 is 2.53 bits per heavy atom. The highest BCUT2D eigenvalue weighted by Crippen LogP contribution is 2.21. The maximum atomic E-state index is 11.8. The molecule has 1 atom stereocenters. The zero-order chi connectivity index (χ0) is 12.4. The fraction of sp³-hybridized carbons (Fsp3) is 0.231. The molecule has 0 radical (unpaired) electrons. The van der Waals surface area contributed by atoms with Crippen molar-refractivity contribution in [2.45, 2.75) is 19.2 Å². The van der Waals surface area contributed by atoms with Gasteiger partial charge in [0.15, 0.2) is 0 Å². The topological polar surface area (TPSA) is 45.8 Å². The molecule has 0 spiro atoms. The predicted octanol–water partition coefficient (Wildman–Crippen LogP) is 3.05. The molecule has 0 saturated carbocycles. The fourth-order valence-corrected chi connectivity index (χ4v) is 1.72. The van der Waals surface area contributed by atoms with Gasteiger partial charge in [0.1, 0.15) is 5.82 Å². The summed E-state index contributed by atoms with van der Waals surface area (Å²) in [7, 11) is 0. The second-order valence-corrected chi connectivity index (χ2v) is 4.56. The minimum absolute atomic E-state index is 0.138. The first-order chi connectivity index (χ1) is 8.09. The van der Waals surface area contributed by atoms with E-state index in [9.17, 15) is 4.79 Å². The Balaban J connectivity index is 2.65. The molecule has 0 aliphatic carbocycles. The molecule has 0 bridgehead atoms. The molecule has 0 fully saturated rings. The van der Waals surface area contributed by atoms with Gasteiger partial charge in [0.25, 0.3) is 5.56 Å². The minimum Gasteiger partial charge on any atom is -0.309 e. The van der Waals surface area contributed by atoms with Gasteiger partial charge in [-0.15, -0.1) is 11.6 Å². The summed E-state index contributed by atoms with van der Waals surface area (Å²) in [6, 6.07) is 9.62. The third-order valence-corrected chi connectivity index (χ3v) is 2.80. The molecule has 1 N–H and O–H groups in total. The molecule has 2 aromatic rings. The van der Waals surface area contributed by atoms with Crippen LogP contribution in [0.25, 0.3) is 11.3 Å². The Morgan fingerprint density at radius 2 is 1.94 bits per heavy atom. The Hall–Kier alpha value is -1.61. The minimum atomic E-state index is -0.314. The summed E-state index contributed by atoms with van der Waals surface area (Å²) < 4.78 is 0. The normalized spacial score (nSPS) is 12.4. The maximum Gasteiger partial charge on any atom is 0.254 e. The highest BCUT2D eigenvalue weighted by atomic mass is 35.5. The Labute approximate surface area is 104 Å². The zero-order valence-corrected chi connectivity index (χ0v) is 10.5. The van der Waals surface area contributed by atoms with E-state index in [1.807, 2.05) is 30.3 Å². The number of rotatable bonds is 2. The number of H-pyrrole nitrogens is 1. The van der Waals surface area contributed by atoms with Gasteiger partial charge in [-0.25, -0.2) is 4.98 Å². The van der Waals surface area contributed by atoms with Crippen LogP contribution in [-0.4, -0.2) is 9.97 Å². The number of halogens is 1. The van der Waals surface area contributed by atoms with Crippen molar-refractivity contribution < 1.29 is 0 Å². The molecule has 0 amide bonds. The van der Waals surface area contributed by atoms with E-state index in [0.29, 0.717) is 17.1 Å². The first-order valence-electron chi connectivity index (χ1n) is 5.40. The van der Waals surface area contributed by atoms with E-state index >= 15 is 0 Å². The molecule has 0 aliphatic rings. The van der Waals surface area contributed by atoms with Gasteiger partial charge in [0.05, 0.1) is 11.1 Å². The van der Waals surface area contributed by atoms with Crippen LogP contribution >= 0.6 is 11.6 Å². The van der Waals surface area contributed by atoms with Crippen LogP contribution < -0.4 is 5.56 Å². The van der Waals surface area contributed by atoms with Crippen LogP contribution in [0.5, 0.6) is 0 Å². The lowest BCUT2D eigenvalue weighted by Gasteiger charge is -2.08. The predicted molar refractivity (Wildman–Crippen MR) is 69.3 cm³/mol. The average molecular weight is 249 g/mol. The van der Waals surface area contributed by atoms with Crippen LogP contribution in [0.4, 0.5) is 0 Å². The molecule has 4 heteroatoms. The van der Waals surface area contributed by atoms with Crippen LogP contribution in [-0.2, 0) is 0 Å². The van der Waals surface area contributed by atoms with Gasteiger partial charge >= 0.3 is 0 Å². The maximum absolute atomic E-state index is 11.8. The van der Waals surface area contributed by atoms with E-state index in [1.54, 1.807) is 13.8 Å². The van der Waals surface area contributed by atoms with Gasteiger partial charge in [-0.1, -0.05) is 30.3 Å². The number of aromatic amines is 1. The van der Waals surface area contributed by atoms with Crippen molar-refractivity contribution in [3.8, 4) is 11.3 Å². The third kappa shape index (κ3) is 2.39. The Kier molecular flexibility index (Phi) is 3.29. The average Bonchev–Trinajstić information content (AvgIpc) is 2.33. The standard InChI is InChI=1S/C13H13ClN2O/c1-8-11(10-6-4-3-5-7-10)15-12(9(2)14)16-13(8)17/h3-7,9H,1-2H3,(H,15,16,17). The second-order valence-electron chi connectivity index (χ2n) is 3.91. The van der Waals surface area contributed by atoms with Gasteiger partial charge in [-0.05, 0) is 13.8 Å². The molecule has 88 valence electrons. The summed E-state index contributed by atoms with van der Waals surface area (Å²) in [6.07, 6.45) is 0. The Morgan fingerprint density at radius 1 is 1.29 bits per heavy atom. The summed E-state index contributed by atoms with van der Waals surface area (Å²) in [5.41, 5.74) is 2.09. The van der Waals surface area contributed by atoms with Crippen molar-refractivity contribution in [1.82, 2.24) is 9.97 Å². The summed E-state index contributed by atoms with van der Waals surface area (Å²) in [4.78, 5) is 18.9. The van der Waals surface area contributed by atoms with Gasteiger partial charge in [-0.2, -0.15) is 0 Å². The molecule has 0 aliphatic heterocycles. The fourth-order valence-electron chi connectivity index (χ4n) is 1.62. The van der Waals surface area contributed by atoms with Crippen molar-refractivity contribution in [1.29, 1.82) is 0 Å². The van der Waals surface area contributed by atoms with E-state index in [-0.39, 0.29) is 10.9 Å². The van der Waals surface area contributed by atoms with Crippen molar-refractivity contribution in [3.63, 3.8) is 0 Å². The molecule has 2 rings (SSSR count). The molecule has 1 heterocycles. The quantitative estimate of drug-likeness (QED) is 0.831. The van der Waals surface area contributed by atoms with Crippen molar-refractivity contribution in [2.75, 3.05) is 0 Å². The summed E-state index contributed by atoms with van der Waals surface area (Å²) in [5.74, 6) is 0.501. The highest BCUT2D eigenvalue weighted by molar-refractivity contribution is 6.20. The summed E-state index contributed by atoms with van der Waals surface area (Å²) >= 11 is 5.95. The van der Waals surface area contributed by atoms with E-state index < -0.39 is 0 Å². The van der Waals surface area contributed by atoms with Gasteiger partial charge in [0.2, 0.25) is 0 Å². The van der Waals surface area contributed by atoms with Crippen molar-refractivity contribution in [3.05, 3.63) is 52.1 Å². The molecule has 0 saturated heterocycles. The molecular weight excluding hydrogens is 236 g/mol. The summed E-state index contributed by atoms with van der Waals surface area (Å²) in [5, 5.41) is -0.314. The lowest BCUT2D eigenvalue weighted by atomic mass is 10.1. The van der Waals surface area contributed by atoms with Crippen molar-refractivity contribution in [2.24, 2.45) is 0 Å². The first kappa shape index (κ1) is 11.9. The van der Waals surface area contributed by atoms with Crippen LogP contribution in [0.3, 0.4) is 0 Å². The van der Waals surface area contributed by atoms with Crippen LogP contribution in [0.2, 0.25) is 0 Å². The van der Waals surface area contributed by atoms with Gasteiger partial charge in [-0.3, -0.25) is 4.79 Å². The lowest BCUT2D eigenvalue weighted by Crippen LogP contribution is -2.16. The van der Waals surface area contributed by atoms with E-state index in [1.165, 1.54) is 0 Å². The van der Waals surface area contributed by atoms with E-state index in [0.717, 1.165) is 5.56 Å². The monoisotopic (exact) mass is 248 g/mol. The van der Waals surface area contributed by atoms with E-state index in [2.05, 4.69) is 9.97 Å². The molecular formula is C13H13ClN2O. The molecule has 1 aromatic carbocycles. The lowest BCUT2D eigenvalue weighted by molar-refractivity contribution is 0.887. The van der Waals surface area contributed by atoms with Crippen LogP contribution in [0.1, 0.15) is 23.7 Å². The van der Waals surface area contributed by atoms with Gasteiger partial charge < -0.3 is 4.98 Å². The third-order valence-electron chi connectivity index (χ3n) is 2.59. The van der Waals surface area contributed by atoms with Crippen LogP contribution in [0.15, 0.2) is 35.1 Å². The Bertz CT molecular complexity index is 576. The molecule has 1 unspecified atom stereocenters. The number of aromatic nitrogens is 2. The molecule has 3 nitrogen and oxygen atoms in total. The molecule has 17 heavy (non-hydrogen) atoms. The van der Waals surface area contributed by atoms with E-state index in [4.69, 9.17) is 11.6 Å². The molecule has 1 aromatic heterocycles. The highest BCUT2D eigenvalue weighted by Gasteiger charge is 2.12. The number of benzene rings is 1. The van der Waals surface area contributed by atoms with Crippen LogP contribution in [0, 0.1) is 6.92 Å². The number of nitrogens with one attached hydrogen (secondary N) is 1. The zero-order valence-electron chi connectivity index (χ0n) is 9.70. The number of nitrogens with zero attached hydrogens (tertiary/aromatic N) is 1. The largest absolute Gasteiger partial charge is 0.309 e. The SMILES string of the molecule is Cc1c(-c2ccccc2)nc(C(C)Cl)[nH]c1=O. The number of hydrogen-bond donors (Lipinski definition) is 1. The number of alkyl halides is 1.